The standard InChI is InChI=1S/C6H4IN3/c7-5-4-10-2-1-8-3-6(10)9-5/h1-4H. The Bertz CT molecular complexity index is 322. The van der Waals surface area contributed by atoms with Gasteiger partial charge in [0.1, 0.15) is 3.70 Å². The van der Waals surface area contributed by atoms with Gasteiger partial charge in [-0.05, 0) is 22.6 Å². The highest BCUT2D eigenvalue weighted by molar-refractivity contribution is 14.1. The van der Waals surface area contributed by atoms with Gasteiger partial charge in [0.2, 0.25) is 0 Å². The second-order valence-corrected chi connectivity index (χ2v) is 3.01. The molecule has 0 aliphatic rings. The van der Waals surface area contributed by atoms with Gasteiger partial charge in [0, 0.05) is 18.6 Å². The Morgan fingerprint density at radius 3 is 3.20 bits per heavy atom. The number of hydrogen-bond donors (Lipinski definition) is 0. The number of halogens is 1. The van der Waals surface area contributed by atoms with Crippen molar-refractivity contribution in [1.29, 1.82) is 0 Å². The molecule has 0 fully saturated rings. The van der Waals surface area contributed by atoms with E-state index in [-0.39, 0.29) is 0 Å². The number of imidazole rings is 1. The molecule has 2 aromatic rings. The van der Waals surface area contributed by atoms with E-state index in [4.69, 9.17) is 0 Å². The van der Waals surface area contributed by atoms with Crippen LogP contribution < -0.4 is 0 Å². The van der Waals surface area contributed by atoms with E-state index in [2.05, 4.69) is 32.6 Å². The normalized spacial score (nSPS) is 10.5. The Hall–Kier alpha value is -0.650. The van der Waals surface area contributed by atoms with Crippen LogP contribution in [0.3, 0.4) is 0 Å². The van der Waals surface area contributed by atoms with Gasteiger partial charge in [-0.3, -0.25) is 4.98 Å². The number of nitrogens with zero attached hydrogens (tertiary/aromatic N) is 3. The van der Waals surface area contributed by atoms with E-state index in [0.717, 1.165) is 9.35 Å². The fourth-order valence-electron chi connectivity index (χ4n) is 0.812. The Labute approximate surface area is 71.3 Å². The Morgan fingerprint density at radius 2 is 2.40 bits per heavy atom. The molecule has 0 radical (unpaired) electrons. The van der Waals surface area contributed by atoms with Gasteiger partial charge in [-0.2, -0.15) is 0 Å². The van der Waals surface area contributed by atoms with Crippen LogP contribution in [0.15, 0.2) is 24.8 Å². The van der Waals surface area contributed by atoms with Crippen LogP contribution in [-0.2, 0) is 0 Å². The second kappa shape index (κ2) is 2.19. The number of aromatic nitrogens is 3. The molecule has 0 N–H and O–H groups in total. The first-order valence-electron chi connectivity index (χ1n) is 2.80. The molecule has 0 aliphatic heterocycles. The number of hydrogen-bond acceptors (Lipinski definition) is 2. The Morgan fingerprint density at radius 1 is 1.50 bits per heavy atom. The Kier molecular flexibility index (Phi) is 1.33. The molecule has 2 aromatic heterocycles. The fourth-order valence-corrected chi connectivity index (χ4v) is 1.36. The third-order valence-corrected chi connectivity index (χ3v) is 1.75. The molecular formula is C6H4IN3. The molecule has 2 heterocycles. The quantitative estimate of drug-likeness (QED) is 0.655. The van der Waals surface area contributed by atoms with E-state index >= 15 is 0 Å². The van der Waals surface area contributed by atoms with E-state index < -0.39 is 0 Å². The summed E-state index contributed by atoms with van der Waals surface area (Å²) < 4.78 is 2.93. The summed E-state index contributed by atoms with van der Waals surface area (Å²) in [6.07, 6.45) is 7.31. The monoisotopic (exact) mass is 245 g/mol. The van der Waals surface area contributed by atoms with Crippen LogP contribution in [0.2, 0.25) is 0 Å². The van der Waals surface area contributed by atoms with Gasteiger partial charge in [0.05, 0.1) is 6.20 Å². The van der Waals surface area contributed by atoms with Crippen LogP contribution in [0.1, 0.15) is 0 Å². The first kappa shape index (κ1) is 6.09. The maximum absolute atomic E-state index is 4.20. The summed E-state index contributed by atoms with van der Waals surface area (Å²) in [5.41, 5.74) is 0.895. The zero-order valence-electron chi connectivity index (χ0n) is 5.03. The minimum absolute atomic E-state index is 0.895. The molecule has 0 amide bonds. The maximum Gasteiger partial charge on any atom is 0.156 e. The molecule has 4 heteroatoms. The van der Waals surface area contributed by atoms with Crippen LogP contribution in [0.25, 0.3) is 5.65 Å². The molecule has 0 aromatic carbocycles. The summed E-state index contributed by atoms with van der Waals surface area (Å²) in [4.78, 5) is 8.14. The van der Waals surface area contributed by atoms with Crippen molar-refractivity contribution in [2.24, 2.45) is 0 Å². The predicted octanol–water partition coefficient (Wildman–Crippen LogP) is 1.33. The molecular weight excluding hydrogens is 241 g/mol. The lowest BCUT2D eigenvalue weighted by molar-refractivity contribution is 1.13. The van der Waals surface area contributed by atoms with Gasteiger partial charge in [-0.15, -0.1) is 0 Å². The van der Waals surface area contributed by atoms with Gasteiger partial charge in [-0.1, -0.05) is 0 Å². The summed E-state index contributed by atoms with van der Waals surface area (Å²) in [5.74, 6) is 0. The highest BCUT2D eigenvalue weighted by Gasteiger charge is 1.94. The zero-order chi connectivity index (χ0) is 6.97. The molecule has 3 nitrogen and oxygen atoms in total. The van der Waals surface area contributed by atoms with Crippen LogP contribution in [-0.4, -0.2) is 14.4 Å². The third-order valence-electron chi connectivity index (χ3n) is 1.23. The molecule has 0 atom stereocenters. The lowest BCUT2D eigenvalue weighted by Crippen LogP contribution is -1.81. The van der Waals surface area contributed by atoms with Gasteiger partial charge in [-0.25, -0.2) is 4.98 Å². The molecule has 0 saturated carbocycles. The van der Waals surface area contributed by atoms with Gasteiger partial charge < -0.3 is 4.40 Å². The van der Waals surface area contributed by atoms with Crippen LogP contribution in [0.5, 0.6) is 0 Å². The Balaban J connectivity index is 2.88. The van der Waals surface area contributed by atoms with Crippen molar-refractivity contribution in [2.75, 3.05) is 0 Å². The summed E-state index contributed by atoms with van der Waals surface area (Å²) in [7, 11) is 0. The van der Waals surface area contributed by atoms with Crippen molar-refractivity contribution in [1.82, 2.24) is 14.4 Å². The van der Waals surface area contributed by atoms with E-state index in [1.54, 1.807) is 12.4 Å². The first-order chi connectivity index (χ1) is 4.86. The maximum atomic E-state index is 4.20. The number of fused-ring (bicyclic) bond motifs is 1. The first-order valence-corrected chi connectivity index (χ1v) is 3.88. The number of rotatable bonds is 0. The summed E-state index contributed by atoms with van der Waals surface area (Å²) in [6, 6.07) is 0. The minimum atomic E-state index is 0.895. The average Bonchev–Trinajstić information content (AvgIpc) is 2.27. The molecule has 10 heavy (non-hydrogen) atoms. The van der Waals surface area contributed by atoms with E-state index in [9.17, 15) is 0 Å². The second-order valence-electron chi connectivity index (χ2n) is 1.91. The predicted molar refractivity (Wildman–Crippen MR) is 45.7 cm³/mol. The topological polar surface area (TPSA) is 30.2 Å². The SMILES string of the molecule is Ic1cn2ccncc2n1. The summed E-state index contributed by atoms with van der Waals surface area (Å²) in [5, 5.41) is 0. The third kappa shape index (κ3) is 0.880. The zero-order valence-corrected chi connectivity index (χ0v) is 7.19. The van der Waals surface area contributed by atoms with Crippen molar-refractivity contribution in [3.8, 4) is 0 Å². The molecule has 0 spiro atoms. The largest absolute Gasteiger partial charge is 0.303 e. The van der Waals surface area contributed by atoms with Crippen LogP contribution in [0.4, 0.5) is 0 Å². The summed E-state index contributed by atoms with van der Waals surface area (Å²) >= 11 is 2.17. The molecule has 0 saturated heterocycles. The highest BCUT2D eigenvalue weighted by atomic mass is 127. The van der Waals surface area contributed by atoms with E-state index in [0.29, 0.717) is 0 Å². The minimum Gasteiger partial charge on any atom is -0.303 e. The smallest absolute Gasteiger partial charge is 0.156 e. The molecule has 0 aliphatic carbocycles. The molecule has 2 rings (SSSR count). The summed E-state index contributed by atoms with van der Waals surface area (Å²) in [6.45, 7) is 0. The molecule has 0 unspecified atom stereocenters. The lowest BCUT2D eigenvalue weighted by atomic mass is 10.7. The van der Waals surface area contributed by atoms with E-state index in [1.165, 1.54) is 0 Å². The van der Waals surface area contributed by atoms with Crippen molar-refractivity contribution in [3.05, 3.63) is 28.5 Å². The van der Waals surface area contributed by atoms with Crippen LogP contribution >= 0.6 is 22.6 Å². The van der Waals surface area contributed by atoms with Crippen LogP contribution in [0, 0.1) is 3.70 Å². The van der Waals surface area contributed by atoms with Crippen molar-refractivity contribution in [3.63, 3.8) is 0 Å². The molecule has 0 bridgehead atoms. The van der Waals surface area contributed by atoms with E-state index in [1.807, 2.05) is 16.8 Å². The van der Waals surface area contributed by atoms with Gasteiger partial charge in [0.15, 0.2) is 5.65 Å². The van der Waals surface area contributed by atoms with Crippen molar-refractivity contribution < 1.29 is 0 Å². The van der Waals surface area contributed by atoms with Gasteiger partial charge in [0.25, 0.3) is 0 Å². The van der Waals surface area contributed by atoms with Gasteiger partial charge >= 0.3 is 0 Å². The molecule has 50 valence electrons. The average molecular weight is 245 g/mol. The highest BCUT2D eigenvalue weighted by Crippen LogP contribution is 2.04. The fraction of sp³-hybridized carbons (Fsp3) is 0. The lowest BCUT2D eigenvalue weighted by Gasteiger charge is -1.85. The van der Waals surface area contributed by atoms with Crippen molar-refractivity contribution in [2.45, 2.75) is 0 Å². The van der Waals surface area contributed by atoms with Crippen molar-refractivity contribution >= 4 is 28.2 Å².